The van der Waals surface area contributed by atoms with Crippen LogP contribution in [0, 0.1) is 17.3 Å². The van der Waals surface area contributed by atoms with Crippen molar-refractivity contribution in [2.24, 2.45) is 17.3 Å². The van der Waals surface area contributed by atoms with E-state index >= 15 is 4.79 Å². The summed E-state index contributed by atoms with van der Waals surface area (Å²) in [6.07, 6.45) is 5.52. The van der Waals surface area contributed by atoms with E-state index in [0.29, 0.717) is 19.4 Å². The van der Waals surface area contributed by atoms with E-state index in [-0.39, 0.29) is 56.8 Å². The van der Waals surface area contributed by atoms with E-state index in [1.165, 1.54) is 6.26 Å². The number of benzene rings is 1. The van der Waals surface area contributed by atoms with Crippen molar-refractivity contribution in [3.05, 3.63) is 41.7 Å². The highest BCUT2D eigenvalue weighted by atomic mass is 16.8. The lowest BCUT2D eigenvalue weighted by atomic mass is 9.62. The molecule has 15 nitrogen and oxygen atoms in total. The molecule has 3 saturated carbocycles. The Balaban J connectivity index is 1.09. The van der Waals surface area contributed by atoms with Crippen LogP contribution in [0.5, 0.6) is 0 Å². The standard InChI is InChI=1S/C41H55N3O12/c1-39(2,3)53-31(47)15-14-28(23-46)42-36(48)29-9-6-17-43(29)38(50)40-21-30-32-33(55-41(54-32,26-10-11-26)27-12-13-27)35(40)56-44(34(40)37(49)52-30)22-25-8-5-4-7-24(25)16-19-51-20-18-45/h4-5,7-8,16,19,26-30,32-35,45-46H,6,9-15,17-18,20-23H2,1-3H3,(H,42,48). The number of hydrogen-bond acceptors (Lipinski definition) is 13. The summed E-state index contributed by atoms with van der Waals surface area (Å²) in [5, 5.41) is 23.7. The van der Waals surface area contributed by atoms with Crippen molar-refractivity contribution in [1.82, 2.24) is 15.3 Å². The normalized spacial score (nSPS) is 32.6. The molecule has 1 aromatic carbocycles. The molecule has 56 heavy (non-hydrogen) atoms. The number of hydroxylamine groups is 2. The van der Waals surface area contributed by atoms with Crippen LogP contribution in [0.15, 0.2) is 30.5 Å². The van der Waals surface area contributed by atoms with Gasteiger partial charge in [0.15, 0.2) is 11.8 Å². The molecule has 3 aliphatic carbocycles. The molecule has 15 heteroatoms. The molecule has 8 unspecified atom stereocenters. The van der Waals surface area contributed by atoms with E-state index in [2.05, 4.69) is 5.32 Å². The Bertz CT molecular complexity index is 1690. The van der Waals surface area contributed by atoms with Gasteiger partial charge >= 0.3 is 11.9 Å². The summed E-state index contributed by atoms with van der Waals surface area (Å²) in [6.45, 7) is 5.37. The molecule has 7 aliphatic rings. The van der Waals surface area contributed by atoms with Crippen molar-refractivity contribution in [1.29, 1.82) is 0 Å². The topological polar surface area (TPSA) is 183 Å². The molecule has 0 aromatic heterocycles. The van der Waals surface area contributed by atoms with E-state index < -0.39 is 83.8 Å². The van der Waals surface area contributed by atoms with Crippen molar-refractivity contribution in [3.63, 3.8) is 0 Å². The number of nitrogens with zero attached hydrogens (tertiary/aromatic N) is 2. The fourth-order valence-corrected chi connectivity index (χ4v) is 9.64. The second-order valence-electron chi connectivity index (χ2n) is 17.4. The lowest BCUT2D eigenvalue weighted by Crippen LogP contribution is -2.70. The van der Waals surface area contributed by atoms with Crippen molar-refractivity contribution < 1.29 is 57.9 Å². The van der Waals surface area contributed by atoms with E-state index in [1.807, 2.05) is 24.3 Å². The van der Waals surface area contributed by atoms with Gasteiger partial charge in [-0.2, -0.15) is 5.06 Å². The van der Waals surface area contributed by atoms with Crippen LogP contribution in [0.1, 0.15) is 89.7 Å². The van der Waals surface area contributed by atoms with E-state index in [1.54, 1.807) is 36.8 Å². The van der Waals surface area contributed by atoms with Gasteiger partial charge in [-0.15, -0.1) is 0 Å². The first-order valence-electron chi connectivity index (χ1n) is 20.3. The summed E-state index contributed by atoms with van der Waals surface area (Å²) in [5.41, 5.74) is -0.506. The number of ether oxygens (including phenoxy) is 5. The van der Waals surface area contributed by atoms with Crippen molar-refractivity contribution in [2.45, 2.75) is 139 Å². The Morgan fingerprint density at radius 2 is 1.79 bits per heavy atom. The van der Waals surface area contributed by atoms with Gasteiger partial charge in [0.25, 0.3) is 0 Å². The monoisotopic (exact) mass is 781 g/mol. The quantitative estimate of drug-likeness (QED) is 0.134. The molecule has 4 saturated heterocycles. The molecule has 4 heterocycles. The Hall–Kier alpha value is -3.60. The van der Waals surface area contributed by atoms with Crippen LogP contribution in [0.2, 0.25) is 0 Å². The van der Waals surface area contributed by atoms with Gasteiger partial charge < -0.3 is 44.1 Å². The highest BCUT2D eigenvalue weighted by Gasteiger charge is 2.78. The average molecular weight is 782 g/mol. The van der Waals surface area contributed by atoms with Gasteiger partial charge in [-0.05, 0) is 82.9 Å². The molecule has 8 rings (SSSR count). The summed E-state index contributed by atoms with van der Waals surface area (Å²) in [6, 6.07) is 4.84. The molecule has 3 N–H and O–H groups in total. The number of likely N-dealkylation sites (tertiary alicyclic amines) is 1. The molecular weight excluding hydrogens is 726 g/mol. The smallest absolute Gasteiger partial charge is 0.327 e. The van der Waals surface area contributed by atoms with Crippen LogP contribution >= 0.6 is 0 Å². The third-order valence-corrected chi connectivity index (χ3v) is 12.3. The number of nitrogens with one attached hydrogen (secondary N) is 1. The van der Waals surface area contributed by atoms with Crippen LogP contribution in [0.25, 0.3) is 6.08 Å². The Kier molecular flexibility index (Phi) is 10.7. The molecule has 2 bridgehead atoms. The SMILES string of the molecule is CC(C)(C)OC(=O)CCC(CO)NC(=O)C1CCCN1C(=O)C12CC3OC(=O)C1N(Cc1ccccc1C=COCCO)OC2C1OC(C2CC2)(C2CC2)OC31. The summed E-state index contributed by atoms with van der Waals surface area (Å²) in [5.74, 6) is -2.18. The molecule has 8 atom stereocenters. The molecule has 1 aromatic rings. The average Bonchev–Trinajstić information content (AvgIpc) is 4.08. The minimum absolute atomic E-state index is 0.00166. The number of esters is 2. The minimum Gasteiger partial charge on any atom is -0.499 e. The first-order chi connectivity index (χ1) is 26.9. The summed E-state index contributed by atoms with van der Waals surface area (Å²) >= 11 is 0. The second kappa shape index (κ2) is 15.3. The Labute approximate surface area is 326 Å². The predicted molar refractivity (Wildman–Crippen MR) is 196 cm³/mol. The lowest BCUT2D eigenvalue weighted by molar-refractivity contribution is -0.235. The Morgan fingerprint density at radius 1 is 1.05 bits per heavy atom. The van der Waals surface area contributed by atoms with Crippen LogP contribution in [0.3, 0.4) is 0 Å². The summed E-state index contributed by atoms with van der Waals surface area (Å²) in [4.78, 5) is 64.6. The lowest BCUT2D eigenvalue weighted by Gasteiger charge is -2.50. The largest absolute Gasteiger partial charge is 0.499 e. The van der Waals surface area contributed by atoms with Gasteiger partial charge in [-0.3, -0.25) is 24.0 Å². The zero-order chi connectivity index (χ0) is 39.4. The highest BCUT2D eigenvalue weighted by molar-refractivity contribution is 5.96. The van der Waals surface area contributed by atoms with Crippen LogP contribution in [-0.4, -0.2) is 124 Å². The van der Waals surface area contributed by atoms with Gasteiger partial charge in [0, 0.05) is 31.2 Å². The maximum absolute atomic E-state index is 15.4. The van der Waals surface area contributed by atoms with E-state index in [4.69, 9.17) is 33.6 Å². The predicted octanol–water partition coefficient (Wildman–Crippen LogP) is 2.36. The maximum Gasteiger partial charge on any atom is 0.327 e. The van der Waals surface area contributed by atoms with Gasteiger partial charge in [-0.25, -0.2) is 0 Å². The minimum atomic E-state index is -1.45. The number of aliphatic hydroxyl groups is 2. The van der Waals surface area contributed by atoms with Crippen LogP contribution in [-0.2, 0) is 54.2 Å². The van der Waals surface area contributed by atoms with Gasteiger partial charge in [0.1, 0.15) is 48.1 Å². The molecule has 7 fully saturated rings. The van der Waals surface area contributed by atoms with Crippen molar-refractivity contribution in [3.8, 4) is 0 Å². The van der Waals surface area contributed by atoms with Gasteiger partial charge in [0.05, 0.1) is 32.1 Å². The molecule has 0 spiro atoms. The van der Waals surface area contributed by atoms with Crippen LogP contribution in [0.4, 0.5) is 0 Å². The maximum atomic E-state index is 15.4. The summed E-state index contributed by atoms with van der Waals surface area (Å²) in [7, 11) is 0. The number of carbonyl (C=O) groups excluding carboxylic acids is 4. The van der Waals surface area contributed by atoms with Gasteiger partial charge in [-0.1, -0.05) is 24.3 Å². The summed E-state index contributed by atoms with van der Waals surface area (Å²) < 4.78 is 30.9. The van der Waals surface area contributed by atoms with Crippen molar-refractivity contribution >= 4 is 29.8 Å². The molecule has 2 amide bonds. The zero-order valence-electron chi connectivity index (χ0n) is 32.4. The second-order valence-corrected chi connectivity index (χ2v) is 17.4. The number of carbonyl (C=O) groups is 4. The molecule has 0 radical (unpaired) electrons. The van der Waals surface area contributed by atoms with Crippen LogP contribution < -0.4 is 5.32 Å². The van der Waals surface area contributed by atoms with E-state index in [0.717, 1.165) is 36.8 Å². The zero-order valence-corrected chi connectivity index (χ0v) is 32.4. The van der Waals surface area contributed by atoms with E-state index in [9.17, 15) is 19.5 Å². The number of rotatable bonds is 15. The molecule has 306 valence electrons. The first-order valence-corrected chi connectivity index (χ1v) is 20.3. The third-order valence-electron chi connectivity index (χ3n) is 12.3. The number of amides is 2. The number of fused-ring (bicyclic) bond motifs is 4. The molecule has 4 aliphatic heterocycles. The first kappa shape index (κ1) is 39.2. The highest BCUT2D eigenvalue weighted by Crippen LogP contribution is 2.64. The van der Waals surface area contributed by atoms with Gasteiger partial charge in [0.2, 0.25) is 11.8 Å². The molecular formula is C41H55N3O12. The number of aliphatic hydroxyl groups excluding tert-OH is 2. The fourth-order valence-electron chi connectivity index (χ4n) is 9.64. The van der Waals surface area contributed by atoms with Crippen molar-refractivity contribution in [2.75, 3.05) is 26.4 Å². The third kappa shape index (κ3) is 7.23. The fraction of sp³-hybridized carbons (Fsp3) is 0.707. The Morgan fingerprint density at radius 3 is 2.48 bits per heavy atom. The number of hydrogen-bond donors (Lipinski definition) is 3.